The zero-order chi connectivity index (χ0) is 18.5. The number of aryl methyl sites for hydroxylation is 1. The van der Waals surface area contributed by atoms with E-state index in [-0.39, 0.29) is 6.04 Å². The Bertz CT molecular complexity index is 828. The second-order valence-corrected chi connectivity index (χ2v) is 6.95. The van der Waals surface area contributed by atoms with Crippen LogP contribution in [0.1, 0.15) is 42.6 Å². The molecular formula is C20H25N5O2. The highest BCUT2D eigenvalue weighted by molar-refractivity contribution is 5.27. The molecule has 0 bridgehead atoms. The molecule has 0 N–H and O–H groups in total. The monoisotopic (exact) mass is 367 g/mol. The van der Waals surface area contributed by atoms with Crippen molar-refractivity contribution in [3.8, 4) is 5.75 Å². The SMILES string of the molecule is Cc1noc([C@H]2CCCCN2Cc2ccc(OCCn3ccnc3)cc2)n1. The van der Waals surface area contributed by atoms with E-state index in [0.717, 1.165) is 37.7 Å². The molecule has 1 atom stereocenters. The lowest BCUT2D eigenvalue weighted by atomic mass is 10.0. The Morgan fingerprint density at radius 2 is 2.11 bits per heavy atom. The average molecular weight is 367 g/mol. The molecule has 7 nitrogen and oxygen atoms in total. The Hall–Kier alpha value is -2.67. The molecular weight excluding hydrogens is 342 g/mol. The van der Waals surface area contributed by atoms with Crippen molar-refractivity contribution in [2.75, 3.05) is 13.2 Å². The largest absolute Gasteiger partial charge is 0.492 e. The quantitative estimate of drug-likeness (QED) is 0.638. The minimum atomic E-state index is 0.214. The van der Waals surface area contributed by atoms with Crippen LogP contribution in [-0.2, 0) is 13.1 Å². The molecule has 2 aromatic heterocycles. The first-order chi connectivity index (χ1) is 13.3. The van der Waals surface area contributed by atoms with Gasteiger partial charge in [-0.15, -0.1) is 0 Å². The highest BCUT2D eigenvalue weighted by atomic mass is 16.5. The van der Waals surface area contributed by atoms with Crippen molar-refractivity contribution >= 4 is 0 Å². The predicted molar refractivity (Wildman–Crippen MR) is 100 cm³/mol. The van der Waals surface area contributed by atoms with Crippen LogP contribution in [0.4, 0.5) is 0 Å². The number of nitrogens with zero attached hydrogens (tertiary/aromatic N) is 5. The van der Waals surface area contributed by atoms with E-state index < -0.39 is 0 Å². The predicted octanol–water partition coefficient (Wildman–Crippen LogP) is 3.38. The van der Waals surface area contributed by atoms with Crippen molar-refractivity contribution in [1.82, 2.24) is 24.6 Å². The lowest BCUT2D eigenvalue weighted by Gasteiger charge is -2.33. The number of imidazole rings is 1. The number of rotatable bonds is 7. The van der Waals surface area contributed by atoms with Crippen LogP contribution in [0.15, 0.2) is 47.5 Å². The van der Waals surface area contributed by atoms with Crippen LogP contribution in [-0.4, -0.2) is 37.7 Å². The van der Waals surface area contributed by atoms with Crippen molar-refractivity contribution in [1.29, 1.82) is 0 Å². The third-order valence-corrected chi connectivity index (χ3v) is 4.93. The van der Waals surface area contributed by atoms with Crippen LogP contribution >= 0.6 is 0 Å². The lowest BCUT2D eigenvalue weighted by molar-refractivity contribution is 0.111. The van der Waals surface area contributed by atoms with E-state index in [4.69, 9.17) is 9.26 Å². The number of benzene rings is 1. The summed E-state index contributed by atoms with van der Waals surface area (Å²) in [6, 6.07) is 8.57. The van der Waals surface area contributed by atoms with E-state index in [1.807, 2.05) is 29.8 Å². The number of piperidine rings is 1. The molecule has 0 spiro atoms. The molecule has 0 saturated carbocycles. The summed E-state index contributed by atoms with van der Waals surface area (Å²) < 4.78 is 13.3. The summed E-state index contributed by atoms with van der Waals surface area (Å²) in [5, 5.41) is 3.96. The highest BCUT2D eigenvalue weighted by Gasteiger charge is 2.28. The summed E-state index contributed by atoms with van der Waals surface area (Å²) in [5.74, 6) is 2.33. The second-order valence-electron chi connectivity index (χ2n) is 6.95. The molecule has 3 heterocycles. The molecule has 0 unspecified atom stereocenters. The van der Waals surface area contributed by atoms with E-state index in [0.29, 0.717) is 12.4 Å². The molecule has 3 aromatic rings. The topological polar surface area (TPSA) is 69.2 Å². The number of ether oxygens (including phenoxy) is 1. The Balaban J connectivity index is 1.34. The zero-order valence-corrected chi connectivity index (χ0v) is 15.6. The molecule has 0 aliphatic carbocycles. The first-order valence-electron chi connectivity index (χ1n) is 9.50. The first-order valence-corrected chi connectivity index (χ1v) is 9.50. The van der Waals surface area contributed by atoms with Crippen molar-refractivity contribution in [2.45, 2.75) is 45.3 Å². The summed E-state index contributed by atoms with van der Waals surface area (Å²) in [6.07, 6.45) is 8.99. The normalized spacial score (nSPS) is 17.9. The zero-order valence-electron chi connectivity index (χ0n) is 15.6. The van der Waals surface area contributed by atoms with Gasteiger partial charge in [0, 0.05) is 18.9 Å². The van der Waals surface area contributed by atoms with Crippen LogP contribution in [0.3, 0.4) is 0 Å². The Labute approximate surface area is 159 Å². The Kier molecular flexibility index (Phi) is 5.48. The number of likely N-dealkylation sites (tertiary alicyclic amines) is 1. The maximum Gasteiger partial charge on any atom is 0.243 e. The maximum absolute atomic E-state index is 5.82. The maximum atomic E-state index is 5.82. The fraction of sp³-hybridized carbons (Fsp3) is 0.450. The van der Waals surface area contributed by atoms with Gasteiger partial charge in [0.25, 0.3) is 0 Å². The summed E-state index contributed by atoms with van der Waals surface area (Å²) in [7, 11) is 0. The summed E-state index contributed by atoms with van der Waals surface area (Å²) in [6.45, 7) is 5.21. The van der Waals surface area contributed by atoms with Gasteiger partial charge in [0.15, 0.2) is 5.82 Å². The molecule has 1 fully saturated rings. The van der Waals surface area contributed by atoms with Crippen molar-refractivity contribution in [2.24, 2.45) is 0 Å². The molecule has 0 amide bonds. The van der Waals surface area contributed by atoms with E-state index in [2.05, 4.69) is 32.2 Å². The molecule has 1 aliphatic heterocycles. The fourth-order valence-corrected chi connectivity index (χ4v) is 3.52. The molecule has 4 rings (SSSR count). The number of hydrogen-bond donors (Lipinski definition) is 0. The summed E-state index contributed by atoms with van der Waals surface area (Å²) in [4.78, 5) is 10.9. The van der Waals surface area contributed by atoms with E-state index in [1.54, 1.807) is 12.5 Å². The van der Waals surface area contributed by atoms with Crippen molar-refractivity contribution < 1.29 is 9.26 Å². The van der Waals surface area contributed by atoms with Crippen LogP contribution in [0.5, 0.6) is 5.75 Å². The Morgan fingerprint density at radius 1 is 1.22 bits per heavy atom. The summed E-state index contributed by atoms with van der Waals surface area (Å²) in [5.41, 5.74) is 1.26. The van der Waals surface area contributed by atoms with E-state index in [9.17, 15) is 0 Å². The van der Waals surface area contributed by atoms with Crippen LogP contribution < -0.4 is 4.74 Å². The number of hydrogen-bond acceptors (Lipinski definition) is 6. The molecule has 142 valence electrons. The fourth-order valence-electron chi connectivity index (χ4n) is 3.52. The van der Waals surface area contributed by atoms with E-state index >= 15 is 0 Å². The van der Waals surface area contributed by atoms with Gasteiger partial charge in [-0.25, -0.2) is 4.98 Å². The number of aromatic nitrogens is 4. The van der Waals surface area contributed by atoms with Crippen molar-refractivity contribution in [3.05, 3.63) is 60.3 Å². The van der Waals surface area contributed by atoms with Crippen LogP contribution in [0, 0.1) is 6.92 Å². The van der Waals surface area contributed by atoms with Gasteiger partial charge in [-0.1, -0.05) is 23.7 Å². The van der Waals surface area contributed by atoms with Gasteiger partial charge >= 0.3 is 0 Å². The van der Waals surface area contributed by atoms with E-state index in [1.165, 1.54) is 18.4 Å². The minimum absolute atomic E-state index is 0.214. The highest BCUT2D eigenvalue weighted by Crippen LogP contribution is 2.31. The van der Waals surface area contributed by atoms with Gasteiger partial charge in [-0.2, -0.15) is 4.98 Å². The molecule has 1 aromatic carbocycles. The smallest absolute Gasteiger partial charge is 0.243 e. The van der Waals surface area contributed by atoms with Gasteiger partial charge in [0.1, 0.15) is 12.4 Å². The van der Waals surface area contributed by atoms with Gasteiger partial charge in [0.2, 0.25) is 5.89 Å². The van der Waals surface area contributed by atoms with Crippen LogP contribution in [0.25, 0.3) is 0 Å². The van der Waals surface area contributed by atoms with Gasteiger partial charge in [-0.3, -0.25) is 4.90 Å². The van der Waals surface area contributed by atoms with Gasteiger partial charge in [-0.05, 0) is 44.0 Å². The van der Waals surface area contributed by atoms with Crippen molar-refractivity contribution in [3.63, 3.8) is 0 Å². The molecule has 27 heavy (non-hydrogen) atoms. The second kappa shape index (κ2) is 8.35. The lowest BCUT2D eigenvalue weighted by Crippen LogP contribution is -2.33. The first kappa shape index (κ1) is 17.7. The van der Waals surface area contributed by atoms with Crippen LogP contribution in [0.2, 0.25) is 0 Å². The van der Waals surface area contributed by atoms with Gasteiger partial charge in [0.05, 0.1) is 18.9 Å². The Morgan fingerprint density at radius 3 is 2.85 bits per heavy atom. The third kappa shape index (κ3) is 4.54. The third-order valence-electron chi connectivity index (χ3n) is 4.93. The molecule has 0 radical (unpaired) electrons. The standard InChI is InChI=1S/C20H25N5O2/c1-16-22-20(27-23-16)19-4-2-3-10-25(19)14-17-5-7-18(8-6-17)26-13-12-24-11-9-21-15-24/h5-9,11,15,19H,2-4,10,12-14H2,1H3/t19-/m1/s1. The minimum Gasteiger partial charge on any atom is -0.492 e. The average Bonchev–Trinajstić information content (AvgIpc) is 3.35. The molecule has 1 saturated heterocycles. The van der Waals surface area contributed by atoms with Gasteiger partial charge < -0.3 is 13.8 Å². The summed E-state index contributed by atoms with van der Waals surface area (Å²) >= 11 is 0. The molecule has 1 aliphatic rings. The molecule has 7 heteroatoms.